The predicted octanol–water partition coefficient (Wildman–Crippen LogP) is 3.17. The van der Waals surface area contributed by atoms with Crippen LogP contribution in [0.1, 0.15) is 52.5 Å². The van der Waals surface area contributed by atoms with E-state index < -0.39 is 5.60 Å². The number of carbonyl (C=O) groups is 1. The quantitative estimate of drug-likeness (QED) is 0.808. The number of amides is 1. The molecule has 1 amide bonds. The molecule has 0 aliphatic carbocycles. The van der Waals surface area contributed by atoms with Gasteiger partial charge in [0.15, 0.2) is 0 Å². The van der Waals surface area contributed by atoms with Gasteiger partial charge in [-0.2, -0.15) is 10.4 Å². The molecule has 1 aliphatic heterocycles. The van der Waals surface area contributed by atoms with Gasteiger partial charge in [0.25, 0.3) is 0 Å². The molecule has 2 rings (SSSR count). The van der Waals surface area contributed by atoms with Crippen LogP contribution in [0.15, 0.2) is 12.4 Å². The highest BCUT2D eigenvalue weighted by Gasteiger charge is 2.28. The van der Waals surface area contributed by atoms with E-state index in [0.717, 1.165) is 24.9 Å². The summed E-state index contributed by atoms with van der Waals surface area (Å²) in [6.07, 6.45) is 6.52. The van der Waals surface area contributed by atoms with Crippen molar-refractivity contribution in [1.82, 2.24) is 14.7 Å². The predicted molar refractivity (Wildman–Crippen MR) is 91.6 cm³/mol. The zero-order chi connectivity index (χ0) is 17.6. The fourth-order valence-corrected chi connectivity index (χ4v) is 2.58. The summed E-state index contributed by atoms with van der Waals surface area (Å²) >= 11 is 0. The van der Waals surface area contributed by atoms with Gasteiger partial charge >= 0.3 is 6.09 Å². The van der Waals surface area contributed by atoms with Gasteiger partial charge < -0.3 is 15.0 Å². The minimum absolute atomic E-state index is 0.223. The number of carbonyl (C=O) groups excluding carboxylic acids is 1. The number of aromatic nitrogens is 2. The Hall–Kier alpha value is -2.23. The van der Waals surface area contributed by atoms with Crippen LogP contribution in [-0.2, 0) is 4.74 Å². The Morgan fingerprint density at radius 2 is 2.21 bits per heavy atom. The fourth-order valence-electron chi connectivity index (χ4n) is 2.58. The average Bonchev–Trinajstić information content (AvgIpc) is 3.04. The standard InChI is InChI=1S/C17H27N5O2/c1-4-17(2,3)24-16(23)21-10-6-15(7-11-21)22-13-14(12-20-22)19-9-5-8-18/h12-13,15,19H,4-7,9-11H2,1-3H3. The minimum Gasteiger partial charge on any atom is -0.443 e. The fraction of sp³-hybridized carbons (Fsp3) is 0.706. The monoisotopic (exact) mass is 333 g/mol. The summed E-state index contributed by atoms with van der Waals surface area (Å²) in [6, 6.07) is 2.40. The minimum atomic E-state index is -0.417. The van der Waals surface area contributed by atoms with Gasteiger partial charge in [-0.3, -0.25) is 4.68 Å². The molecule has 7 nitrogen and oxygen atoms in total. The van der Waals surface area contributed by atoms with Crippen molar-refractivity contribution < 1.29 is 9.53 Å². The summed E-state index contributed by atoms with van der Waals surface area (Å²) < 4.78 is 7.51. The molecule has 1 fully saturated rings. The third kappa shape index (κ3) is 4.88. The Morgan fingerprint density at radius 3 is 2.83 bits per heavy atom. The molecule has 0 atom stereocenters. The van der Waals surface area contributed by atoms with E-state index in [4.69, 9.17) is 10.00 Å². The maximum atomic E-state index is 12.2. The highest BCUT2D eigenvalue weighted by molar-refractivity contribution is 5.68. The van der Waals surface area contributed by atoms with Crippen molar-refractivity contribution in [2.75, 3.05) is 25.0 Å². The summed E-state index contributed by atoms with van der Waals surface area (Å²) in [6.45, 7) is 7.87. The molecule has 1 aliphatic rings. The van der Waals surface area contributed by atoms with Gasteiger partial charge in [0.05, 0.1) is 30.4 Å². The molecule has 132 valence electrons. The maximum Gasteiger partial charge on any atom is 0.410 e. The van der Waals surface area contributed by atoms with Crippen molar-refractivity contribution in [2.24, 2.45) is 0 Å². The Balaban J connectivity index is 1.82. The lowest BCUT2D eigenvalue weighted by atomic mass is 10.1. The van der Waals surface area contributed by atoms with Gasteiger partial charge in [-0.25, -0.2) is 4.79 Å². The first-order valence-electron chi connectivity index (χ1n) is 8.58. The molecule has 1 N–H and O–H groups in total. The molecule has 0 bridgehead atoms. The Morgan fingerprint density at radius 1 is 1.50 bits per heavy atom. The molecular formula is C17H27N5O2. The summed E-state index contributed by atoms with van der Waals surface area (Å²) in [4.78, 5) is 14.0. The van der Waals surface area contributed by atoms with Crippen LogP contribution in [0.3, 0.4) is 0 Å². The van der Waals surface area contributed by atoms with Gasteiger partial charge in [-0.05, 0) is 33.1 Å². The number of likely N-dealkylation sites (tertiary alicyclic amines) is 1. The second-order valence-corrected chi connectivity index (χ2v) is 6.74. The first kappa shape index (κ1) is 18.1. The van der Waals surface area contributed by atoms with Gasteiger partial charge in [-0.15, -0.1) is 0 Å². The zero-order valence-corrected chi connectivity index (χ0v) is 14.8. The van der Waals surface area contributed by atoms with E-state index >= 15 is 0 Å². The molecule has 0 radical (unpaired) electrons. The van der Waals surface area contributed by atoms with E-state index in [2.05, 4.69) is 16.5 Å². The van der Waals surface area contributed by atoms with E-state index in [0.29, 0.717) is 32.1 Å². The van der Waals surface area contributed by atoms with Gasteiger partial charge in [-0.1, -0.05) is 6.92 Å². The number of piperidine rings is 1. The van der Waals surface area contributed by atoms with E-state index in [-0.39, 0.29) is 6.09 Å². The Labute approximate surface area is 143 Å². The number of ether oxygens (including phenoxy) is 1. The van der Waals surface area contributed by atoms with Crippen molar-refractivity contribution in [3.63, 3.8) is 0 Å². The van der Waals surface area contributed by atoms with Crippen LogP contribution in [0.4, 0.5) is 10.5 Å². The lowest BCUT2D eigenvalue weighted by Crippen LogP contribution is -2.42. The van der Waals surface area contributed by atoms with Crippen LogP contribution in [0.25, 0.3) is 0 Å². The Kier molecular flexibility index (Phi) is 6.07. The first-order chi connectivity index (χ1) is 11.4. The van der Waals surface area contributed by atoms with Crippen molar-refractivity contribution >= 4 is 11.8 Å². The maximum absolute atomic E-state index is 12.2. The van der Waals surface area contributed by atoms with Gasteiger partial charge in [0.1, 0.15) is 5.60 Å². The summed E-state index contributed by atoms with van der Waals surface area (Å²) in [5.41, 5.74) is 0.511. The molecule has 0 aromatic carbocycles. The third-order valence-electron chi connectivity index (χ3n) is 4.48. The number of anilines is 1. The average molecular weight is 333 g/mol. The van der Waals surface area contributed by atoms with E-state index in [1.54, 1.807) is 11.1 Å². The van der Waals surface area contributed by atoms with Crippen LogP contribution in [0.2, 0.25) is 0 Å². The van der Waals surface area contributed by atoms with E-state index in [9.17, 15) is 4.79 Å². The molecule has 2 heterocycles. The number of hydrogen-bond donors (Lipinski definition) is 1. The SMILES string of the molecule is CCC(C)(C)OC(=O)N1CCC(n2cc(NCCC#N)cn2)CC1. The molecule has 1 aromatic heterocycles. The molecule has 0 unspecified atom stereocenters. The molecule has 1 aromatic rings. The topological polar surface area (TPSA) is 83.2 Å². The van der Waals surface area contributed by atoms with E-state index in [1.165, 1.54) is 0 Å². The van der Waals surface area contributed by atoms with Crippen molar-refractivity contribution in [3.05, 3.63) is 12.4 Å². The highest BCUT2D eigenvalue weighted by Crippen LogP contribution is 2.25. The summed E-state index contributed by atoms with van der Waals surface area (Å²) in [5, 5.41) is 16.1. The van der Waals surface area contributed by atoms with Crippen LogP contribution in [0.5, 0.6) is 0 Å². The van der Waals surface area contributed by atoms with Crippen molar-refractivity contribution in [1.29, 1.82) is 5.26 Å². The second kappa shape index (κ2) is 8.04. The van der Waals surface area contributed by atoms with Crippen LogP contribution in [-0.4, -0.2) is 46.0 Å². The number of nitriles is 1. The normalized spacial score (nSPS) is 15.8. The van der Waals surface area contributed by atoms with Crippen LogP contribution < -0.4 is 5.32 Å². The van der Waals surface area contributed by atoms with Crippen molar-refractivity contribution in [3.8, 4) is 6.07 Å². The highest BCUT2D eigenvalue weighted by atomic mass is 16.6. The molecule has 0 spiro atoms. The number of nitrogens with zero attached hydrogens (tertiary/aromatic N) is 4. The summed E-state index contributed by atoms with van der Waals surface area (Å²) in [5.74, 6) is 0. The first-order valence-corrected chi connectivity index (χ1v) is 8.58. The lowest BCUT2D eigenvalue weighted by Gasteiger charge is -2.34. The van der Waals surface area contributed by atoms with Crippen molar-refractivity contribution in [2.45, 2.75) is 58.1 Å². The smallest absolute Gasteiger partial charge is 0.410 e. The largest absolute Gasteiger partial charge is 0.443 e. The van der Waals surface area contributed by atoms with Gasteiger partial charge in [0.2, 0.25) is 0 Å². The zero-order valence-electron chi connectivity index (χ0n) is 14.8. The summed E-state index contributed by atoms with van der Waals surface area (Å²) in [7, 11) is 0. The molecule has 1 saturated heterocycles. The lowest BCUT2D eigenvalue weighted by molar-refractivity contribution is 0.00584. The molecular weight excluding hydrogens is 306 g/mol. The van der Waals surface area contributed by atoms with E-state index in [1.807, 2.05) is 31.6 Å². The second-order valence-electron chi connectivity index (χ2n) is 6.74. The number of hydrogen-bond acceptors (Lipinski definition) is 5. The van der Waals surface area contributed by atoms with Crippen LogP contribution >= 0.6 is 0 Å². The Bertz CT molecular complexity index is 582. The third-order valence-corrected chi connectivity index (χ3v) is 4.48. The van der Waals surface area contributed by atoms with Crippen LogP contribution in [0, 0.1) is 11.3 Å². The molecule has 0 saturated carbocycles. The molecule has 7 heteroatoms. The number of nitrogens with one attached hydrogen (secondary N) is 1. The molecule has 24 heavy (non-hydrogen) atoms. The number of rotatable bonds is 6. The van der Waals surface area contributed by atoms with Gasteiger partial charge in [0, 0.05) is 25.8 Å².